The molecule has 0 bridgehead atoms. The molecule has 0 aliphatic heterocycles. The predicted octanol–water partition coefficient (Wildman–Crippen LogP) is 5.42. The van der Waals surface area contributed by atoms with Gasteiger partial charge >= 0.3 is 5.97 Å². The van der Waals surface area contributed by atoms with Gasteiger partial charge in [-0.15, -0.1) is 0 Å². The van der Waals surface area contributed by atoms with Crippen LogP contribution in [0.4, 0.5) is 0 Å². The van der Waals surface area contributed by atoms with Crippen LogP contribution in [0.15, 0.2) is 11.1 Å². The van der Waals surface area contributed by atoms with Crippen molar-refractivity contribution >= 4 is 5.97 Å². The SMILES string of the molecule is CCCCCCCCCCCC(C)=C(C)C(=O)OC. The number of ether oxygens (including phenoxy) is 1. The van der Waals surface area contributed by atoms with E-state index >= 15 is 0 Å². The lowest BCUT2D eigenvalue weighted by molar-refractivity contribution is -0.136. The van der Waals surface area contributed by atoms with Crippen LogP contribution in [0.3, 0.4) is 0 Å². The molecule has 0 aromatic heterocycles. The molecule has 0 saturated carbocycles. The van der Waals surface area contributed by atoms with Gasteiger partial charge in [0, 0.05) is 5.57 Å². The number of carbonyl (C=O) groups is 1. The zero-order valence-corrected chi connectivity index (χ0v) is 13.4. The first kappa shape index (κ1) is 18.2. The van der Waals surface area contributed by atoms with E-state index in [9.17, 15) is 4.79 Å². The number of unbranched alkanes of at least 4 members (excludes halogenated alkanes) is 8. The van der Waals surface area contributed by atoms with Gasteiger partial charge in [-0.3, -0.25) is 0 Å². The lowest BCUT2D eigenvalue weighted by Gasteiger charge is -2.06. The van der Waals surface area contributed by atoms with Crippen LogP contribution in [-0.2, 0) is 9.53 Å². The summed E-state index contributed by atoms with van der Waals surface area (Å²) in [6, 6.07) is 0. The van der Waals surface area contributed by atoms with Crippen molar-refractivity contribution in [3.05, 3.63) is 11.1 Å². The first-order chi connectivity index (χ1) is 9.13. The molecule has 0 aliphatic carbocycles. The minimum absolute atomic E-state index is 0.187. The van der Waals surface area contributed by atoms with Crippen molar-refractivity contribution in [2.24, 2.45) is 0 Å². The van der Waals surface area contributed by atoms with Gasteiger partial charge in [-0.05, 0) is 26.7 Å². The van der Waals surface area contributed by atoms with Crippen LogP contribution in [0, 0.1) is 0 Å². The summed E-state index contributed by atoms with van der Waals surface area (Å²) in [6.07, 6.45) is 13.1. The van der Waals surface area contributed by atoms with Crippen molar-refractivity contribution in [1.29, 1.82) is 0 Å². The van der Waals surface area contributed by atoms with Crippen LogP contribution >= 0.6 is 0 Å². The standard InChI is InChI=1S/C17H32O2/c1-5-6-7-8-9-10-11-12-13-14-15(2)16(3)17(18)19-4/h5-14H2,1-4H3. The zero-order chi connectivity index (χ0) is 14.5. The number of hydrogen-bond acceptors (Lipinski definition) is 2. The monoisotopic (exact) mass is 268 g/mol. The predicted molar refractivity (Wildman–Crippen MR) is 82.2 cm³/mol. The van der Waals surface area contributed by atoms with Crippen LogP contribution < -0.4 is 0 Å². The molecule has 0 aromatic rings. The van der Waals surface area contributed by atoms with Crippen LogP contribution in [-0.4, -0.2) is 13.1 Å². The molecule has 0 spiro atoms. The van der Waals surface area contributed by atoms with E-state index in [0.717, 1.165) is 12.0 Å². The molecule has 0 saturated heterocycles. The molecular formula is C17H32O2. The van der Waals surface area contributed by atoms with E-state index in [0.29, 0.717) is 0 Å². The Morgan fingerprint density at radius 2 is 1.32 bits per heavy atom. The first-order valence-corrected chi connectivity index (χ1v) is 7.88. The van der Waals surface area contributed by atoms with Gasteiger partial charge in [0.25, 0.3) is 0 Å². The maximum Gasteiger partial charge on any atom is 0.333 e. The van der Waals surface area contributed by atoms with Crippen molar-refractivity contribution < 1.29 is 9.53 Å². The van der Waals surface area contributed by atoms with Crippen LogP contribution in [0.25, 0.3) is 0 Å². The second-order valence-corrected chi connectivity index (χ2v) is 5.48. The number of esters is 1. The van der Waals surface area contributed by atoms with Gasteiger partial charge in [-0.2, -0.15) is 0 Å². The highest BCUT2D eigenvalue weighted by Crippen LogP contribution is 2.15. The van der Waals surface area contributed by atoms with Crippen LogP contribution in [0.1, 0.15) is 85.0 Å². The normalized spacial score (nSPS) is 12.2. The lowest BCUT2D eigenvalue weighted by atomic mass is 10.0. The fourth-order valence-corrected chi connectivity index (χ4v) is 2.22. The molecule has 0 aromatic carbocycles. The van der Waals surface area contributed by atoms with Gasteiger partial charge in [-0.25, -0.2) is 4.79 Å². The molecular weight excluding hydrogens is 236 g/mol. The summed E-state index contributed by atoms with van der Waals surface area (Å²) < 4.78 is 4.73. The highest BCUT2D eigenvalue weighted by atomic mass is 16.5. The molecule has 112 valence electrons. The Morgan fingerprint density at radius 3 is 1.79 bits per heavy atom. The summed E-state index contributed by atoms with van der Waals surface area (Å²) >= 11 is 0. The number of carbonyl (C=O) groups excluding carboxylic acids is 1. The lowest BCUT2D eigenvalue weighted by Crippen LogP contribution is -2.03. The van der Waals surface area contributed by atoms with Crippen LogP contribution in [0.2, 0.25) is 0 Å². The molecule has 0 heterocycles. The summed E-state index contributed by atoms with van der Waals surface area (Å²) in [5.74, 6) is -0.187. The van der Waals surface area contributed by atoms with Crippen molar-refractivity contribution in [3.8, 4) is 0 Å². The Kier molecular flexibility index (Phi) is 11.7. The molecule has 19 heavy (non-hydrogen) atoms. The van der Waals surface area contributed by atoms with Gasteiger partial charge in [0.15, 0.2) is 0 Å². The highest BCUT2D eigenvalue weighted by Gasteiger charge is 2.06. The number of rotatable bonds is 11. The third kappa shape index (κ3) is 9.75. The Balaban J connectivity index is 3.51. The fourth-order valence-electron chi connectivity index (χ4n) is 2.22. The first-order valence-electron chi connectivity index (χ1n) is 7.88. The van der Waals surface area contributed by atoms with E-state index in [2.05, 4.69) is 6.92 Å². The molecule has 0 amide bonds. The molecule has 0 fully saturated rings. The summed E-state index contributed by atoms with van der Waals surface area (Å²) in [4.78, 5) is 11.3. The molecule has 0 aliphatic rings. The van der Waals surface area contributed by atoms with Gasteiger partial charge < -0.3 is 4.74 Å². The number of allylic oxidation sites excluding steroid dienone is 1. The molecule has 0 atom stereocenters. The van der Waals surface area contributed by atoms with Gasteiger partial charge in [0.1, 0.15) is 0 Å². The topological polar surface area (TPSA) is 26.3 Å². The average Bonchev–Trinajstić information content (AvgIpc) is 2.43. The Hall–Kier alpha value is -0.790. The average molecular weight is 268 g/mol. The summed E-state index contributed by atoms with van der Waals surface area (Å²) in [5, 5.41) is 0. The Morgan fingerprint density at radius 1 is 0.842 bits per heavy atom. The highest BCUT2D eigenvalue weighted by molar-refractivity contribution is 5.88. The van der Waals surface area contributed by atoms with E-state index in [1.54, 1.807) is 0 Å². The third-order valence-corrected chi connectivity index (χ3v) is 3.79. The van der Waals surface area contributed by atoms with Crippen molar-refractivity contribution in [3.63, 3.8) is 0 Å². The summed E-state index contributed by atoms with van der Waals surface area (Å²) in [5.41, 5.74) is 1.96. The molecule has 2 heteroatoms. The quantitative estimate of drug-likeness (QED) is 0.284. The van der Waals surface area contributed by atoms with Gasteiger partial charge in [0.05, 0.1) is 7.11 Å². The van der Waals surface area contributed by atoms with Crippen molar-refractivity contribution in [2.45, 2.75) is 85.0 Å². The maximum atomic E-state index is 11.3. The molecule has 0 radical (unpaired) electrons. The fraction of sp³-hybridized carbons (Fsp3) is 0.824. The van der Waals surface area contributed by atoms with Crippen molar-refractivity contribution in [2.75, 3.05) is 7.11 Å². The second kappa shape index (κ2) is 12.3. The summed E-state index contributed by atoms with van der Waals surface area (Å²) in [7, 11) is 1.44. The van der Waals surface area contributed by atoms with Gasteiger partial charge in [-0.1, -0.05) is 63.9 Å². The van der Waals surface area contributed by atoms with E-state index < -0.39 is 0 Å². The smallest absolute Gasteiger partial charge is 0.333 e. The minimum Gasteiger partial charge on any atom is -0.466 e. The molecule has 0 unspecified atom stereocenters. The Bertz CT molecular complexity index is 266. The van der Waals surface area contributed by atoms with Gasteiger partial charge in [0.2, 0.25) is 0 Å². The Labute approximate surface area is 119 Å². The maximum absolute atomic E-state index is 11.3. The molecule has 0 rings (SSSR count). The van der Waals surface area contributed by atoms with Crippen LogP contribution in [0.5, 0.6) is 0 Å². The minimum atomic E-state index is -0.187. The van der Waals surface area contributed by atoms with E-state index in [4.69, 9.17) is 4.74 Å². The second-order valence-electron chi connectivity index (χ2n) is 5.48. The van der Waals surface area contributed by atoms with E-state index in [1.807, 2.05) is 13.8 Å². The largest absolute Gasteiger partial charge is 0.466 e. The van der Waals surface area contributed by atoms with Crippen molar-refractivity contribution in [1.82, 2.24) is 0 Å². The van der Waals surface area contributed by atoms with E-state index in [1.165, 1.54) is 70.5 Å². The van der Waals surface area contributed by atoms with E-state index in [-0.39, 0.29) is 5.97 Å². The number of hydrogen-bond donors (Lipinski definition) is 0. The molecule has 2 nitrogen and oxygen atoms in total. The molecule has 0 N–H and O–H groups in total. The zero-order valence-electron chi connectivity index (χ0n) is 13.4. The summed E-state index contributed by atoms with van der Waals surface area (Å²) in [6.45, 7) is 6.15. The number of methoxy groups -OCH3 is 1. The third-order valence-electron chi connectivity index (χ3n) is 3.79.